The van der Waals surface area contributed by atoms with E-state index >= 15 is 0 Å². The average molecular weight is 334 g/mol. The van der Waals surface area contributed by atoms with Crippen molar-refractivity contribution in [3.05, 3.63) is 89.2 Å². The van der Waals surface area contributed by atoms with Gasteiger partial charge >= 0.3 is 5.97 Å². The second-order valence-electron chi connectivity index (χ2n) is 5.95. The summed E-state index contributed by atoms with van der Waals surface area (Å²) in [6.07, 6.45) is 0.893. The molecule has 3 aromatic rings. The molecular formula is C22H19FO2. The van der Waals surface area contributed by atoms with E-state index in [1.165, 1.54) is 12.1 Å². The predicted molar refractivity (Wildman–Crippen MR) is 97.4 cm³/mol. The van der Waals surface area contributed by atoms with Gasteiger partial charge in [-0.15, -0.1) is 0 Å². The Kier molecular flexibility index (Phi) is 4.94. The number of benzene rings is 3. The zero-order valence-corrected chi connectivity index (χ0v) is 14.3. The van der Waals surface area contributed by atoms with Gasteiger partial charge in [-0.25, -0.2) is 9.18 Å². The van der Waals surface area contributed by atoms with Crippen molar-refractivity contribution in [3.63, 3.8) is 0 Å². The average Bonchev–Trinajstić information content (AvgIpc) is 2.64. The van der Waals surface area contributed by atoms with Gasteiger partial charge in [0, 0.05) is 0 Å². The van der Waals surface area contributed by atoms with Crippen LogP contribution in [0.3, 0.4) is 0 Å². The minimum absolute atomic E-state index is 0.0690. The molecule has 0 aliphatic heterocycles. The molecule has 3 rings (SSSR count). The maximum Gasteiger partial charge on any atom is 0.343 e. The summed E-state index contributed by atoms with van der Waals surface area (Å²) in [5.74, 6) is -1.19. The molecule has 0 bridgehead atoms. The summed E-state index contributed by atoms with van der Waals surface area (Å²) in [4.78, 5) is 12.2. The van der Waals surface area contributed by atoms with Gasteiger partial charge in [0.2, 0.25) is 0 Å². The van der Waals surface area contributed by atoms with E-state index < -0.39 is 11.8 Å². The summed E-state index contributed by atoms with van der Waals surface area (Å²) in [7, 11) is 0. The van der Waals surface area contributed by atoms with E-state index in [1.54, 1.807) is 18.2 Å². The van der Waals surface area contributed by atoms with Crippen molar-refractivity contribution in [1.82, 2.24) is 0 Å². The second kappa shape index (κ2) is 7.31. The Morgan fingerprint density at radius 3 is 2.16 bits per heavy atom. The number of halogens is 1. The molecule has 0 fully saturated rings. The van der Waals surface area contributed by atoms with Gasteiger partial charge in [0.05, 0.1) is 5.56 Å². The number of ether oxygens (including phenoxy) is 1. The number of hydrogen-bond donors (Lipinski definition) is 0. The van der Waals surface area contributed by atoms with E-state index in [4.69, 9.17) is 4.74 Å². The fourth-order valence-corrected chi connectivity index (χ4v) is 2.54. The Bertz CT molecular complexity index is 881. The Morgan fingerprint density at radius 2 is 1.56 bits per heavy atom. The molecule has 0 amide bonds. The van der Waals surface area contributed by atoms with Crippen molar-refractivity contribution >= 4 is 5.97 Å². The maximum absolute atomic E-state index is 14.3. The normalized spacial score (nSPS) is 10.5. The lowest BCUT2D eigenvalue weighted by Crippen LogP contribution is -2.09. The minimum Gasteiger partial charge on any atom is -0.420 e. The van der Waals surface area contributed by atoms with Gasteiger partial charge < -0.3 is 4.74 Å². The minimum atomic E-state index is -0.565. The first-order valence-corrected chi connectivity index (χ1v) is 8.24. The molecule has 0 atom stereocenters. The van der Waals surface area contributed by atoms with Gasteiger partial charge in [-0.2, -0.15) is 0 Å². The molecule has 0 saturated carbocycles. The molecule has 0 aliphatic rings. The summed E-state index contributed by atoms with van der Waals surface area (Å²) >= 11 is 0. The van der Waals surface area contributed by atoms with Crippen LogP contribution in [0.25, 0.3) is 11.1 Å². The van der Waals surface area contributed by atoms with Crippen LogP contribution in [0.5, 0.6) is 5.75 Å². The van der Waals surface area contributed by atoms with Crippen LogP contribution in [0, 0.1) is 12.7 Å². The molecule has 25 heavy (non-hydrogen) atoms. The summed E-state index contributed by atoms with van der Waals surface area (Å²) in [5.41, 5.74) is 4.33. The lowest BCUT2D eigenvalue weighted by atomic mass is 10.0. The van der Waals surface area contributed by atoms with Crippen LogP contribution in [-0.4, -0.2) is 5.97 Å². The highest BCUT2D eigenvalue weighted by molar-refractivity contribution is 5.91. The first-order chi connectivity index (χ1) is 12.1. The van der Waals surface area contributed by atoms with Gasteiger partial charge in [0.1, 0.15) is 0 Å². The molecule has 0 N–H and O–H groups in total. The quantitative estimate of drug-likeness (QED) is 0.460. The standard InChI is InChI=1S/C22H19FO2/c1-3-16-6-10-18(11-7-16)22(24)25-21-13-12-19(14-20(21)23)17-8-4-15(2)5-9-17/h4-14H,3H2,1-2H3. The lowest BCUT2D eigenvalue weighted by Gasteiger charge is -2.08. The Balaban J connectivity index is 1.78. The molecule has 0 aromatic heterocycles. The molecule has 0 spiro atoms. The number of esters is 1. The molecule has 126 valence electrons. The van der Waals surface area contributed by atoms with Gasteiger partial charge in [-0.3, -0.25) is 0 Å². The number of hydrogen-bond acceptors (Lipinski definition) is 2. The first-order valence-electron chi connectivity index (χ1n) is 8.24. The molecule has 0 heterocycles. The molecular weight excluding hydrogens is 315 g/mol. The van der Waals surface area contributed by atoms with Crippen LogP contribution < -0.4 is 4.74 Å². The van der Waals surface area contributed by atoms with Crippen LogP contribution >= 0.6 is 0 Å². The Morgan fingerprint density at radius 1 is 0.920 bits per heavy atom. The van der Waals surface area contributed by atoms with Crippen molar-refractivity contribution in [2.75, 3.05) is 0 Å². The van der Waals surface area contributed by atoms with E-state index in [9.17, 15) is 9.18 Å². The largest absolute Gasteiger partial charge is 0.420 e. The monoisotopic (exact) mass is 334 g/mol. The SMILES string of the molecule is CCc1ccc(C(=O)Oc2ccc(-c3ccc(C)cc3)cc2F)cc1. The van der Waals surface area contributed by atoms with Gasteiger partial charge in [0.15, 0.2) is 11.6 Å². The third kappa shape index (κ3) is 3.94. The maximum atomic E-state index is 14.3. The number of carbonyl (C=O) groups excluding carboxylic acids is 1. The van der Waals surface area contributed by atoms with Gasteiger partial charge in [-0.05, 0) is 54.3 Å². The van der Waals surface area contributed by atoms with Crippen LogP contribution in [0.4, 0.5) is 4.39 Å². The Labute approximate surface area is 146 Å². The van der Waals surface area contributed by atoms with Crippen LogP contribution in [0.15, 0.2) is 66.7 Å². The van der Waals surface area contributed by atoms with Crippen LogP contribution in [-0.2, 0) is 6.42 Å². The molecule has 0 radical (unpaired) electrons. The molecule has 3 heteroatoms. The first kappa shape index (κ1) is 16.9. The topological polar surface area (TPSA) is 26.3 Å². The number of carbonyl (C=O) groups is 1. The second-order valence-corrected chi connectivity index (χ2v) is 5.95. The highest BCUT2D eigenvalue weighted by Gasteiger charge is 2.13. The smallest absolute Gasteiger partial charge is 0.343 e. The van der Waals surface area contributed by atoms with Crippen LogP contribution in [0.1, 0.15) is 28.4 Å². The van der Waals surface area contributed by atoms with Crippen molar-refractivity contribution < 1.29 is 13.9 Å². The molecule has 3 aromatic carbocycles. The fraction of sp³-hybridized carbons (Fsp3) is 0.136. The van der Waals surface area contributed by atoms with E-state index in [-0.39, 0.29) is 5.75 Å². The van der Waals surface area contributed by atoms with E-state index in [1.807, 2.05) is 50.2 Å². The van der Waals surface area contributed by atoms with Gasteiger partial charge in [0.25, 0.3) is 0 Å². The highest BCUT2D eigenvalue weighted by Crippen LogP contribution is 2.26. The van der Waals surface area contributed by atoms with Crippen molar-refractivity contribution in [1.29, 1.82) is 0 Å². The third-order valence-corrected chi connectivity index (χ3v) is 4.12. The summed E-state index contributed by atoms with van der Waals surface area (Å²) in [6.45, 7) is 4.04. The molecule has 0 saturated heterocycles. The molecule has 0 unspecified atom stereocenters. The molecule has 2 nitrogen and oxygen atoms in total. The summed E-state index contributed by atoms with van der Waals surface area (Å²) in [5, 5.41) is 0. The van der Waals surface area contributed by atoms with E-state index in [0.29, 0.717) is 5.56 Å². The lowest BCUT2D eigenvalue weighted by molar-refractivity contribution is 0.0728. The predicted octanol–water partition coefficient (Wildman–Crippen LogP) is 5.58. The van der Waals surface area contributed by atoms with Crippen LogP contribution in [0.2, 0.25) is 0 Å². The van der Waals surface area contributed by atoms with Crippen molar-refractivity contribution in [2.24, 2.45) is 0 Å². The van der Waals surface area contributed by atoms with Crippen molar-refractivity contribution in [3.8, 4) is 16.9 Å². The Hall–Kier alpha value is -2.94. The van der Waals surface area contributed by atoms with Crippen molar-refractivity contribution in [2.45, 2.75) is 20.3 Å². The summed E-state index contributed by atoms with van der Waals surface area (Å²) in [6, 6.07) is 19.6. The fourth-order valence-electron chi connectivity index (χ4n) is 2.54. The number of aryl methyl sites for hydroxylation is 2. The van der Waals surface area contributed by atoms with E-state index in [2.05, 4.69) is 0 Å². The number of rotatable bonds is 4. The molecule has 0 aliphatic carbocycles. The van der Waals surface area contributed by atoms with E-state index in [0.717, 1.165) is 28.7 Å². The zero-order chi connectivity index (χ0) is 17.8. The zero-order valence-electron chi connectivity index (χ0n) is 14.3. The van der Waals surface area contributed by atoms with Gasteiger partial charge in [-0.1, -0.05) is 55.0 Å². The highest BCUT2D eigenvalue weighted by atomic mass is 19.1. The third-order valence-electron chi connectivity index (χ3n) is 4.12. The summed E-state index contributed by atoms with van der Waals surface area (Å²) < 4.78 is 19.5.